The number of hydrogen-bond donors (Lipinski definition) is 3. The Hall–Kier alpha value is -3.45. The molecule has 2 aliphatic rings. The average molecular weight is 643 g/mol. The second-order valence-electron chi connectivity index (χ2n) is 13.0. The highest BCUT2D eigenvalue weighted by Crippen LogP contribution is 2.42. The van der Waals surface area contributed by atoms with E-state index in [-0.39, 0.29) is 28.9 Å². The number of anilines is 1. The van der Waals surface area contributed by atoms with Gasteiger partial charge in [-0.05, 0) is 83.6 Å². The first-order chi connectivity index (χ1) is 20.9. The van der Waals surface area contributed by atoms with Crippen LogP contribution in [0.15, 0.2) is 30.3 Å². The molecule has 13 heteroatoms. The molecule has 2 aliphatic carbocycles. The van der Waals surface area contributed by atoms with E-state index in [4.69, 9.17) is 14.2 Å². The highest BCUT2D eigenvalue weighted by Gasteiger charge is 2.41. The Morgan fingerprint density at radius 3 is 2.20 bits per heavy atom. The summed E-state index contributed by atoms with van der Waals surface area (Å²) in [6, 6.07) is 3.77. The third-order valence-corrected chi connectivity index (χ3v) is 8.40. The van der Waals surface area contributed by atoms with E-state index in [0.717, 1.165) is 12.1 Å². The Bertz CT molecular complexity index is 1400. The number of halogens is 5. The van der Waals surface area contributed by atoms with E-state index in [1.807, 2.05) is 27.7 Å². The zero-order chi connectivity index (χ0) is 33.3. The van der Waals surface area contributed by atoms with Gasteiger partial charge in [0.15, 0.2) is 17.9 Å². The van der Waals surface area contributed by atoms with Crippen LogP contribution in [0.3, 0.4) is 0 Å². The highest BCUT2D eigenvalue weighted by atomic mass is 19.4. The molecule has 0 bridgehead atoms. The van der Waals surface area contributed by atoms with Gasteiger partial charge in [0.05, 0.1) is 35.9 Å². The molecule has 2 fully saturated rings. The molecule has 2 saturated carbocycles. The van der Waals surface area contributed by atoms with E-state index >= 15 is 0 Å². The number of benzene rings is 2. The van der Waals surface area contributed by atoms with E-state index in [1.54, 1.807) is 0 Å². The van der Waals surface area contributed by atoms with Gasteiger partial charge in [0.1, 0.15) is 11.6 Å². The van der Waals surface area contributed by atoms with Crippen LogP contribution in [0.1, 0.15) is 82.1 Å². The summed E-state index contributed by atoms with van der Waals surface area (Å²) in [5.74, 6) is -4.45. The Labute approximate surface area is 258 Å². The number of methoxy groups -OCH3 is 1. The molecule has 0 saturated heterocycles. The van der Waals surface area contributed by atoms with Crippen molar-refractivity contribution < 1.29 is 50.9 Å². The first-order valence-electron chi connectivity index (χ1n) is 14.8. The van der Waals surface area contributed by atoms with Crippen molar-refractivity contribution in [2.75, 3.05) is 12.4 Å². The predicted octanol–water partition coefficient (Wildman–Crippen LogP) is 6.60. The minimum atomic E-state index is -4.93. The number of rotatable bonds is 9. The van der Waals surface area contributed by atoms with E-state index in [2.05, 4.69) is 10.6 Å². The molecule has 3 N–H and O–H groups in total. The van der Waals surface area contributed by atoms with Crippen LogP contribution >= 0.6 is 0 Å². The Morgan fingerprint density at radius 2 is 1.64 bits per heavy atom. The lowest BCUT2D eigenvalue weighted by Gasteiger charge is -2.42. The molecule has 45 heavy (non-hydrogen) atoms. The van der Waals surface area contributed by atoms with Gasteiger partial charge in [-0.3, -0.25) is 9.59 Å². The van der Waals surface area contributed by atoms with Crippen molar-refractivity contribution >= 4 is 17.5 Å². The van der Waals surface area contributed by atoms with Crippen molar-refractivity contribution in [1.29, 1.82) is 0 Å². The zero-order valence-corrected chi connectivity index (χ0v) is 25.8. The van der Waals surface area contributed by atoms with E-state index < -0.39 is 64.5 Å². The summed E-state index contributed by atoms with van der Waals surface area (Å²) < 4.78 is 84.8. The number of ether oxygens (including phenoxy) is 3. The Morgan fingerprint density at radius 1 is 0.978 bits per heavy atom. The van der Waals surface area contributed by atoms with Gasteiger partial charge in [0.25, 0.3) is 5.91 Å². The third-order valence-electron chi connectivity index (χ3n) is 8.40. The normalized spacial score (nSPS) is 24.3. The molecule has 0 aromatic heterocycles. The molecule has 8 nitrogen and oxygen atoms in total. The number of amides is 2. The van der Waals surface area contributed by atoms with Gasteiger partial charge in [-0.1, -0.05) is 6.92 Å². The highest BCUT2D eigenvalue weighted by molar-refractivity contribution is 5.99. The SMILES string of the molecule is COc1cc(F)c(O[C@H]2CC[C@@](C)(C(O)OC(C)(C)C)CC2)cc1C(=O)N[C@@H]1CC[C@@H]1C(=O)Nc1ccc(F)c(C(F)(F)F)c1. The Balaban J connectivity index is 1.40. The number of carbonyl (C=O) groups is 2. The molecule has 4 rings (SSSR count). The topological polar surface area (TPSA) is 106 Å². The first kappa shape index (κ1) is 34.4. The molecule has 2 amide bonds. The lowest BCUT2D eigenvalue weighted by Crippen LogP contribution is -2.51. The van der Waals surface area contributed by atoms with Crippen molar-refractivity contribution in [2.24, 2.45) is 11.3 Å². The summed E-state index contributed by atoms with van der Waals surface area (Å²) in [6.07, 6.45) is -3.33. The number of aliphatic hydroxyl groups excluding tert-OH is 1. The number of alkyl halides is 3. The molecule has 0 aliphatic heterocycles. The first-order valence-corrected chi connectivity index (χ1v) is 14.8. The van der Waals surface area contributed by atoms with Crippen LogP contribution in [0, 0.1) is 23.0 Å². The van der Waals surface area contributed by atoms with E-state index in [9.17, 15) is 36.6 Å². The van der Waals surface area contributed by atoms with Crippen molar-refractivity contribution in [3.63, 3.8) is 0 Å². The molecule has 0 heterocycles. The Kier molecular flexibility index (Phi) is 10.0. The molecular weight excluding hydrogens is 603 g/mol. The molecule has 2 aromatic rings. The van der Waals surface area contributed by atoms with Crippen molar-refractivity contribution in [2.45, 2.75) is 96.4 Å². The fourth-order valence-corrected chi connectivity index (χ4v) is 5.53. The van der Waals surface area contributed by atoms with Crippen LogP contribution < -0.4 is 20.1 Å². The van der Waals surface area contributed by atoms with Crippen molar-refractivity contribution in [1.82, 2.24) is 5.32 Å². The number of nitrogens with one attached hydrogen (secondary N) is 2. The van der Waals surface area contributed by atoms with E-state index in [0.29, 0.717) is 50.7 Å². The number of carbonyl (C=O) groups excluding carboxylic acids is 2. The van der Waals surface area contributed by atoms with Crippen LogP contribution in [0.5, 0.6) is 11.5 Å². The van der Waals surface area contributed by atoms with Gasteiger partial charge in [0.2, 0.25) is 5.91 Å². The zero-order valence-electron chi connectivity index (χ0n) is 25.8. The summed E-state index contributed by atoms with van der Waals surface area (Å²) in [7, 11) is 1.27. The predicted molar refractivity (Wildman–Crippen MR) is 155 cm³/mol. The third kappa shape index (κ3) is 8.23. The maximum atomic E-state index is 15.0. The van der Waals surface area contributed by atoms with Crippen LogP contribution in [0.2, 0.25) is 0 Å². The van der Waals surface area contributed by atoms with Crippen LogP contribution in [0.25, 0.3) is 0 Å². The number of aliphatic hydroxyl groups is 1. The summed E-state index contributed by atoms with van der Waals surface area (Å²) in [5.41, 5.74) is -2.78. The fourth-order valence-electron chi connectivity index (χ4n) is 5.53. The minimum absolute atomic E-state index is 0.0250. The molecule has 3 atom stereocenters. The van der Waals surface area contributed by atoms with Gasteiger partial charge >= 0.3 is 6.18 Å². The molecular formula is C32H39F5N2O6. The van der Waals surface area contributed by atoms with E-state index in [1.165, 1.54) is 13.2 Å². The average Bonchev–Trinajstić information content (AvgIpc) is 2.92. The number of hydrogen-bond acceptors (Lipinski definition) is 6. The quantitative estimate of drug-likeness (QED) is 0.210. The van der Waals surface area contributed by atoms with Crippen molar-refractivity contribution in [3.8, 4) is 11.5 Å². The second kappa shape index (κ2) is 13.1. The molecule has 2 aromatic carbocycles. The van der Waals surface area contributed by atoms with Crippen LogP contribution in [-0.2, 0) is 15.7 Å². The summed E-state index contributed by atoms with van der Waals surface area (Å²) >= 11 is 0. The molecule has 0 spiro atoms. The van der Waals surface area contributed by atoms with Gasteiger partial charge in [-0.25, -0.2) is 8.78 Å². The molecule has 0 radical (unpaired) electrons. The molecule has 248 valence electrons. The lowest BCUT2D eigenvalue weighted by molar-refractivity contribution is -0.229. The maximum Gasteiger partial charge on any atom is 0.419 e. The van der Waals surface area contributed by atoms with Gasteiger partial charge in [-0.15, -0.1) is 0 Å². The fraction of sp³-hybridized carbons (Fsp3) is 0.562. The smallest absolute Gasteiger partial charge is 0.419 e. The summed E-state index contributed by atoms with van der Waals surface area (Å²) in [5, 5.41) is 15.7. The monoisotopic (exact) mass is 642 g/mol. The van der Waals surface area contributed by atoms with Gasteiger partial charge in [0, 0.05) is 23.2 Å². The maximum absolute atomic E-state index is 15.0. The standard InChI is InChI=1S/C32H39F5N2O6/c1-30(2,3)45-29(42)31(4)12-10-18(11-13-31)44-26-15-20(25(43-5)16-23(26)34)28(41)39-24-9-7-19(24)27(40)38-17-6-8-22(33)21(14-17)32(35,36)37/h6,8,14-16,18-19,24,29,42H,7,9-13H2,1-5H3,(H,38,40)(H,39,41)/t18-,19-,24+,29?,31+/m0/s1. The van der Waals surface area contributed by atoms with Gasteiger partial charge in [-0.2, -0.15) is 13.2 Å². The van der Waals surface area contributed by atoms with Crippen LogP contribution in [-0.4, -0.2) is 48.1 Å². The summed E-state index contributed by atoms with van der Waals surface area (Å²) in [4.78, 5) is 26.1. The second-order valence-corrected chi connectivity index (χ2v) is 13.0. The van der Waals surface area contributed by atoms with Gasteiger partial charge < -0.3 is 30.0 Å². The van der Waals surface area contributed by atoms with Crippen LogP contribution in [0.4, 0.5) is 27.6 Å². The lowest BCUT2D eigenvalue weighted by atomic mass is 9.74. The minimum Gasteiger partial charge on any atom is -0.496 e. The summed E-state index contributed by atoms with van der Waals surface area (Å²) in [6.45, 7) is 7.51. The molecule has 1 unspecified atom stereocenters. The largest absolute Gasteiger partial charge is 0.496 e. The van der Waals surface area contributed by atoms with Crippen molar-refractivity contribution in [3.05, 3.63) is 53.1 Å².